The van der Waals surface area contributed by atoms with Gasteiger partial charge in [0, 0.05) is 23.5 Å². The SMILES string of the molecule is CCCCCCc1ccc(-c2cnc(-c3ccc(OCC(C)CCC)cc3)nc2)cc1. The van der Waals surface area contributed by atoms with E-state index in [9.17, 15) is 0 Å². The number of ether oxygens (including phenoxy) is 1. The zero-order valence-electron chi connectivity index (χ0n) is 19.3. The minimum absolute atomic E-state index is 0.579. The van der Waals surface area contributed by atoms with E-state index in [1.54, 1.807) is 0 Å². The quantitative estimate of drug-likeness (QED) is 0.283. The first-order valence-corrected chi connectivity index (χ1v) is 11.8. The number of aromatic nitrogens is 2. The summed E-state index contributed by atoms with van der Waals surface area (Å²) in [6, 6.07) is 16.9. The zero-order valence-corrected chi connectivity index (χ0v) is 19.3. The Morgan fingerprint density at radius 2 is 1.42 bits per heavy atom. The predicted octanol–water partition coefficient (Wildman–Crippen LogP) is 7.75. The van der Waals surface area contributed by atoms with Crippen molar-refractivity contribution in [1.82, 2.24) is 9.97 Å². The topological polar surface area (TPSA) is 35.0 Å². The summed E-state index contributed by atoms with van der Waals surface area (Å²) in [5, 5.41) is 0. The largest absolute Gasteiger partial charge is 0.493 e. The van der Waals surface area contributed by atoms with Gasteiger partial charge in [0.2, 0.25) is 0 Å². The molecule has 1 atom stereocenters. The summed E-state index contributed by atoms with van der Waals surface area (Å²) < 4.78 is 5.89. The molecule has 2 aromatic carbocycles. The van der Waals surface area contributed by atoms with E-state index < -0.39 is 0 Å². The number of hydrogen-bond donors (Lipinski definition) is 0. The van der Waals surface area contributed by atoms with Crippen molar-refractivity contribution >= 4 is 0 Å². The number of unbranched alkanes of at least 4 members (excludes halogenated alkanes) is 3. The fraction of sp³-hybridized carbons (Fsp3) is 0.429. The lowest BCUT2D eigenvalue weighted by atomic mass is 10.0. The molecule has 1 heterocycles. The summed E-state index contributed by atoms with van der Waals surface area (Å²) in [7, 11) is 0. The lowest BCUT2D eigenvalue weighted by Gasteiger charge is -2.12. The third-order valence-electron chi connectivity index (χ3n) is 5.69. The molecule has 0 radical (unpaired) electrons. The lowest BCUT2D eigenvalue weighted by molar-refractivity contribution is 0.251. The molecule has 0 saturated heterocycles. The summed E-state index contributed by atoms with van der Waals surface area (Å²) in [6.07, 6.45) is 12.6. The number of benzene rings is 2. The first-order chi connectivity index (χ1) is 15.2. The van der Waals surface area contributed by atoms with Gasteiger partial charge in [0.1, 0.15) is 5.75 Å². The van der Waals surface area contributed by atoms with Crippen LogP contribution in [-0.2, 0) is 6.42 Å². The molecular weight excluding hydrogens is 380 g/mol. The Morgan fingerprint density at radius 1 is 0.742 bits per heavy atom. The molecule has 1 unspecified atom stereocenters. The average Bonchev–Trinajstić information content (AvgIpc) is 2.82. The molecule has 31 heavy (non-hydrogen) atoms. The molecule has 0 aliphatic heterocycles. The Balaban J connectivity index is 1.57. The summed E-state index contributed by atoms with van der Waals surface area (Å²) in [6.45, 7) is 7.45. The molecule has 3 heteroatoms. The van der Waals surface area contributed by atoms with Crippen LogP contribution in [0.2, 0.25) is 0 Å². The van der Waals surface area contributed by atoms with Gasteiger partial charge in [-0.05, 0) is 60.6 Å². The van der Waals surface area contributed by atoms with Crippen molar-refractivity contribution in [3.05, 3.63) is 66.5 Å². The minimum Gasteiger partial charge on any atom is -0.493 e. The van der Waals surface area contributed by atoms with Gasteiger partial charge >= 0.3 is 0 Å². The van der Waals surface area contributed by atoms with Gasteiger partial charge < -0.3 is 4.74 Å². The molecule has 164 valence electrons. The number of rotatable bonds is 12. The average molecular weight is 417 g/mol. The molecule has 0 aliphatic rings. The molecule has 0 spiro atoms. The Bertz CT molecular complexity index is 886. The van der Waals surface area contributed by atoms with Crippen molar-refractivity contribution in [3.8, 4) is 28.3 Å². The van der Waals surface area contributed by atoms with Crippen LogP contribution in [0.25, 0.3) is 22.5 Å². The first kappa shape index (κ1) is 23.0. The van der Waals surface area contributed by atoms with E-state index in [1.165, 1.54) is 44.1 Å². The maximum atomic E-state index is 5.89. The highest BCUT2D eigenvalue weighted by Gasteiger charge is 2.06. The first-order valence-electron chi connectivity index (χ1n) is 11.8. The standard InChI is InChI=1S/C28H36N2O/c1-4-6-7-8-10-23-11-13-24(14-12-23)26-19-29-28(30-20-26)25-15-17-27(18-16-25)31-21-22(3)9-5-2/h11-20,22H,4-10,21H2,1-3H3. The molecule has 0 fully saturated rings. The van der Waals surface area contributed by atoms with Crippen molar-refractivity contribution in [3.63, 3.8) is 0 Å². The second-order valence-corrected chi connectivity index (χ2v) is 8.53. The van der Waals surface area contributed by atoms with Gasteiger partial charge in [0.25, 0.3) is 0 Å². The van der Waals surface area contributed by atoms with Gasteiger partial charge in [-0.1, -0.05) is 70.7 Å². The Labute approximate surface area is 187 Å². The summed E-state index contributed by atoms with van der Waals surface area (Å²) in [4.78, 5) is 9.19. The van der Waals surface area contributed by atoms with Crippen LogP contribution in [0, 0.1) is 5.92 Å². The third kappa shape index (κ3) is 7.20. The van der Waals surface area contributed by atoms with Crippen molar-refractivity contribution < 1.29 is 4.74 Å². The molecule has 0 N–H and O–H groups in total. The lowest BCUT2D eigenvalue weighted by Crippen LogP contribution is -2.08. The van der Waals surface area contributed by atoms with Crippen LogP contribution in [0.1, 0.15) is 64.9 Å². The van der Waals surface area contributed by atoms with Gasteiger partial charge in [0.15, 0.2) is 5.82 Å². The van der Waals surface area contributed by atoms with E-state index in [-0.39, 0.29) is 0 Å². The normalized spacial score (nSPS) is 12.0. The monoisotopic (exact) mass is 416 g/mol. The van der Waals surface area contributed by atoms with Crippen LogP contribution in [-0.4, -0.2) is 16.6 Å². The minimum atomic E-state index is 0.579. The van der Waals surface area contributed by atoms with Gasteiger partial charge in [0.05, 0.1) is 6.61 Å². The number of hydrogen-bond acceptors (Lipinski definition) is 3. The van der Waals surface area contributed by atoms with Crippen molar-refractivity contribution in [2.24, 2.45) is 5.92 Å². The highest BCUT2D eigenvalue weighted by Crippen LogP contribution is 2.23. The Morgan fingerprint density at radius 3 is 2.06 bits per heavy atom. The van der Waals surface area contributed by atoms with E-state index in [0.29, 0.717) is 5.92 Å². The molecular formula is C28H36N2O. The van der Waals surface area contributed by atoms with Gasteiger partial charge in [-0.15, -0.1) is 0 Å². The smallest absolute Gasteiger partial charge is 0.159 e. The second-order valence-electron chi connectivity index (χ2n) is 8.53. The predicted molar refractivity (Wildman–Crippen MR) is 130 cm³/mol. The summed E-state index contributed by atoms with van der Waals surface area (Å²) in [5.74, 6) is 2.22. The molecule has 0 saturated carbocycles. The Kier molecular flexibility index (Phi) is 9.08. The molecule has 0 bridgehead atoms. The van der Waals surface area contributed by atoms with Crippen LogP contribution < -0.4 is 4.74 Å². The summed E-state index contributed by atoms with van der Waals surface area (Å²) >= 11 is 0. The van der Waals surface area contributed by atoms with E-state index in [1.807, 2.05) is 36.7 Å². The van der Waals surface area contributed by atoms with E-state index in [4.69, 9.17) is 4.74 Å². The van der Waals surface area contributed by atoms with Crippen molar-refractivity contribution in [2.45, 2.75) is 65.7 Å². The van der Waals surface area contributed by atoms with Crippen molar-refractivity contribution in [1.29, 1.82) is 0 Å². The van der Waals surface area contributed by atoms with E-state index in [2.05, 4.69) is 55.0 Å². The fourth-order valence-corrected chi connectivity index (χ4v) is 3.76. The van der Waals surface area contributed by atoms with Gasteiger partial charge in [-0.3, -0.25) is 0 Å². The van der Waals surface area contributed by atoms with Crippen molar-refractivity contribution in [2.75, 3.05) is 6.61 Å². The van der Waals surface area contributed by atoms with Crippen LogP contribution in [0.4, 0.5) is 0 Å². The molecule has 0 amide bonds. The van der Waals surface area contributed by atoms with Crippen LogP contribution in [0.3, 0.4) is 0 Å². The molecule has 3 rings (SSSR count). The van der Waals surface area contributed by atoms with Gasteiger partial charge in [-0.2, -0.15) is 0 Å². The number of aryl methyl sites for hydroxylation is 1. The van der Waals surface area contributed by atoms with Crippen LogP contribution in [0.5, 0.6) is 5.75 Å². The van der Waals surface area contributed by atoms with E-state index in [0.717, 1.165) is 41.3 Å². The number of nitrogens with zero attached hydrogens (tertiary/aromatic N) is 2. The Hall–Kier alpha value is -2.68. The van der Waals surface area contributed by atoms with E-state index >= 15 is 0 Å². The maximum Gasteiger partial charge on any atom is 0.159 e. The molecule has 1 aromatic heterocycles. The third-order valence-corrected chi connectivity index (χ3v) is 5.69. The van der Waals surface area contributed by atoms with Crippen LogP contribution >= 0.6 is 0 Å². The second kappa shape index (κ2) is 12.2. The summed E-state index contributed by atoms with van der Waals surface area (Å²) in [5.41, 5.74) is 4.62. The molecule has 3 nitrogen and oxygen atoms in total. The zero-order chi connectivity index (χ0) is 21.9. The molecule has 0 aliphatic carbocycles. The van der Waals surface area contributed by atoms with Crippen LogP contribution in [0.15, 0.2) is 60.9 Å². The molecule has 3 aromatic rings. The highest BCUT2D eigenvalue weighted by molar-refractivity contribution is 5.64. The highest BCUT2D eigenvalue weighted by atomic mass is 16.5. The maximum absolute atomic E-state index is 5.89. The fourth-order valence-electron chi connectivity index (χ4n) is 3.76. The van der Waals surface area contributed by atoms with Gasteiger partial charge in [-0.25, -0.2) is 9.97 Å².